The Labute approximate surface area is 123 Å². The monoisotopic (exact) mass is 284 g/mol. The first-order valence-corrected chi connectivity index (χ1v) is 7.68. The highest BCUT2D eigenvalue weighted by atomic mass is 16.1. The summed E-state index contributed by atoms with van der Waals surface area (Å²) in [5, 5.41) is 7.51. The third-order valence-electron chi connectivity index (χ3n) is 4.88. The fraction of sp³-hybridized carbons (Fsp3) is 0.500. The molecule has 3 aliphatic rings. The van der Waals surface area contributed by atoms with Gasteiger partial charge in [-0.05, 0) is 50.4 Å². The molecule has 5 heterocycles. The molecule has 3 aliphatic heterocycles. The number of pyridine rings is 1. The number of nitrogens with one attached hydrogen (secondary N) is 1. The van der Waals surface area contributed by atoms with Crippen LogP contribution in [-0.2, 0) is 0 Å². The third-order valence-corrected chi connectivity index (χ3v) is 4.88. The van der Waals surface area contributed by atoms with Crippen LogP contribution in [0.3, 0.4) is 0 Å². The molecule has 2 aromatic heterocycles. The van der Waals surface area contributed by atoms with Gasteiger partial charge in [-0.1, -0.05) is 6.07 Å². The standard InChI is InChI=1S/C16H20N4O/c1-11-2-3-15-13(8-17-20(15)9-11)16(21)18-14-10-19-6-4-12(14)5-7-19/h2-3,8-9,12,14H,4-7,10H2,1H3,(H,18,21). The molecular formula is C16H20N4O. The van der Waals surface area contributed by atoms with Crippen LogP contribution in [-0.4, -0.2) is 46.1 Å². The van der Waals surface area contributed by atoms with Gasteiger partial charge < -0.3 is 10.2 Å². The van der Waals surface area contributed by atoms with Gasteiger partial charge in [-0.2, -0.15) is 5.10 Å². The number of carbonyl (C=O) groups is 1. The molecule has 1 unspecified atom stereocenters. The zero-order valence-corrected chi connectivity index (χ0v) is 12.2. The maximum Gasteiger partial charge on any atom is 0.255 e. The number of rotatable bonds is 2. The van der Waals surface area contributed by atoms with E-state index < -0.39 is 0 Å². The van der Waals surface area contributed by atoms with Gasteiger partial charge in [0.2, 0.25) is 0 Å². The Bertz CT molecular complexity index is 685. The van der Waals surface area contributed by atoms with Gasteiger partial charge in [0.1, 0.15) is 0 Å². The van der Waals surface area contributed by atoms with Crippen LogP contribution < -0.4 is 5.32 Å². The van der Waals surface area contributed by atoms with Crippen molar-refractivity contribution in [1.82, 2.24) is 19.8 Å². The van der Waals surface area contributed by atoms with E-state index in [4.69, 9.17) is 0 Å². The highest BCUT2D eigenvalue weighted by molar-refractivity contribution is 6.00. The molecule has 2 bridgehead atoms. The maximum absolute atomic E-state index is 12.6. The molecule has 3 saturated heterocycles. The number of nitrogens with zero attached hydrogens (tertiary/aromatic N) is 3. The minimum Gasteiger partial charge on any atom is -0.348 e. The number of hydrogen-bond donors (Lipinski definition) is 1. The van der Waals surface area contributed by atoms with E-state index in [9.17, 15) is 4.79 Å². The molecular weight excluding hydrogens is 264 g/mol. The van der Waals surface area contributed by atoms with Gasteiger partial charge in [0.15, 0.2) is 0 Å². The fourth-order valence-corrected chi connectivity index (χ4v) is 3.64. The second-order valence-electron chi connectivity index (χ2n) is 6.31. The van der Waals surface area contributed by atoms with Crippen LogP contribution in [0, 0.1) is 12.8 Å². The summed E-state index contributed by atoms with van der Waals surface area (Å²) in [5.74, 6) is 0.649. The second kappa shape index (κ2) is 4.84. The summed E-state index contributed by atoms with van der Waals surface area (Å²) >= 11 is 0. The molecule has 0 aromatic carbocycles. The van der Waals surface area contributed by atoms with Crippen molar-refractivity contribution in [2.24, 2.45) is 5.92 Å². The molecule has 0 aliphatic carbocycles. The average Bonchev–Trinajstić information content (AvgIpc) is 2.91. The number of aryl methyl sites for hydroxylation is 1. The zero-order chi connectivity index (χ0) is 14.4. The van der Waals surface area contributed by atoms with E-state index in [0.717, 1.165) is 17.6 Å². The summed E-state index contributed by atoms with van der Waals surface area (Å²) < 4.78 is 1.78. The van der Waals surface area contributed by atoms with Gasteiger partial charge >= 0.3 is 0 Å². The lowest BCUT2D eigenvalue weighted by Gasteiger charge is -2.44. The van der Waals surface area contributed by atoms with Crippen LogP contribution in [0.25, 0.3) is 5.52 Å². The first-order chi connectivity index (χ1) is 10.2. The number of carbonyl (C=O) groups excluding carboxylic acids is 1. The van der Waals surface area contributed by atoms with E-state index in [0.29, 0.717) is 17.5 Å². The van der Waals surface area contributed by atoms with E-state index in [1.807, 2.05) is 25.3 Å². The summed E-state index contributed by atoms with van der Waals surface area (Å²) in [6.07, 6.45) is 6.03. The smallest absolute Gasteiger partial charge is 0.255 e. The van der Waals surface area contributed by atoms with E-state index in [1.54, 1.807) is 10.7 Å². The molecule has 1 N–H and O–H groups in total. The molecule has 110 valence electrons. The first kappa shape index (κ1) is 12.8. The molecule has 0 spiro atoms. The molecule has 3 fully saturated rings. The van der Waals surface area contributed by atoms with Crippen LogP contribution in [0.4, 0.5) is 0 Å². The van der Waals surface area contributed by atoms with Gasteiger partial charge in [0.05, 0.1) is 17.3 Å². The predicted molar refractivity (Wildman–Crippen MR) is 80.3 cm³/mol. The van der Waals surface area contributed by atoms with E-state index in [2.05, 4.69) is 15.3 Å². The molecule has 5 nitrogen and oxygen atoms in total. The molecule has 1 amide bonds. The molecule has 5 heteroatoms. The van der Waals surface area contributed by atoms with Crippen molar-refractivity contribution >= 4 is 11.4 Å². The second-order valence-corrected chi connectivity index (χ2v) is 6.31. The number of piperidine rings is 3. The number of hydrogen-bond acceptors (Lipinski definition) is 3. The lowest BCUT2D eigenvalue weighted by molar-refractivity contribution is 0.0621. The molecule has 1 atom stereocenters. The zero-order valence-electron chi connectivity index (χ0n) is 12.2. The summed E-state index contributed by atoms with van der Waals surface area (Å²) in [6.45, 7) is 5.39. The average molecular weight is 284 g/mol. The topological polar surface area (TPSA) is 49.6 Å². The van der Waals surface area contributed by atoms with Gasteiger partial charge in [0.25, 0.3) is 5.91 Å². The quantitative estimate of drug-likeness (QED) is 0.908. The van der Waals surface area contributed by atoms with Crippen molar-refractivity contribution in [2.75, 3.05) is 19.6 Å². The van der Waals surface area contributed by atoms with Crippen LogP contribution in [0.5, 0.6) is 0 Å². The lowest BCUT2D eigenvalue weighted by Crippen LogP contribution is -2.57. The van der Waals surface area contributed by atoms with E-state index in [-0.39, 0.29) is 5.91 Å². The van der Waals surface area contributed by atoms with Crippen LogP contribution in [0.1, 0.15) is 28.8 Å². The highest BCUT2D eigenvalue weighted by Gasteiger charge is 2.35. The Morgan fingerprint density at radius 3 is 2.86 bits per heavy atom. The molecule has 0 radical (unpaired) electrons. The van der Waals surface area contributed by atoms with Crippen molar-refractivity contribution in [1.29, 1.82) is 0 Å². The van der Waals surface area contributed by atoms with Crippen LogP contribution in [0.2, 0.25) is 0 Å². The Kier molecular flexibility index (Phi) is 2.96. The SMILES string of the molecule is Cc1ccc2c(C(=O)NC3CN4CCC3CC4)cnn2c1. The summed E-state index contributed by atoms with van der Waals surface area (Å²) in [7, 11) is 0. The van der Waals surface area contributed by atoms with Crippen LogP contribution >= 0.6 is 0 Å². The van der Waals surface area contributed by atoms with E-state index in [1.165, 1.54) is 25.9 Å². The number of amides is 1. The Morgan fingerprint density at radius 2 is 2.14 bits per heavy atom. The minimum atomic E-state index is 0.00704. The van der Waals surface area contributed by atoms with Crippen molar-refractivity contribution < 1.29 is 4.79 Å². The summed E-state index contributed by atoms with van der Waals surface area (Å²) in [4.78, 5) is 15.0. The largest absolute Gasteiger partial charge is 0.348 e. The molecule has 5 rings (SSSR count). The fourth-order valence-electron chi connectivity index (χ4n) is 3.64. The predicted octanol–water partition coefficient (Wildman–Crippen LogP) is 1.47. The van der Waals surface area contributed by atoms with Crippen molar-refractivity contribution in [2.45, 2.75) is 25.8 Å². The summed E-state index contributed by atoms with van der Waals surface area (Å²) in [5.41, 5.74) is 2.68. The summed E-state index contributed by atoms with van der Waals surface area (Å²) in [6, 6.07) is 4.27. The van der Waals surface area contributed by atoms with Crippen molar-refractivity contribution in [3.8, 4) is 0 Å². The Morgan fingerprint density at radius 1 is 1.33 bits per heavy atom. The maximum atomic E-state index is 12.6. The minimum absolute atomic E-state index is 0.00704. The number of fused-ring (bicyclic) bond motifs is 4. The van der Waals surface area contributed by atoms with Gasteiger partial charge in [-0.15, -0.1) is 0 Å². The molecule has 2 aromatic rings. The van der Waals surface area contributed by atoms with Crippen LogP contribution in [0.15, 0.2) is 24.5 Å². The highest BCUT2D eigenvalue weighted by Crippen LogP contribution is 2.27. The van der Waals surface area contributed by atoms with E-state index >= 15 is 0 Å². The Balaban J connectivity index is 1.56. The Hall–Kier alpha value is -1.88. The third kappa shape index (κ3) is 2.21. The number of aromatic nitrogens is 2. The molecule has 21 heavy (non-hydrogen) atoms. The van der Waals surface area contributed by atoms with Gasteiger partial charge in [0, 0.05) is 18.8 Å². The first-order valence-electron chi connectivity index (χ1n) is 7.68. The lowest BCUT2D eigenvalue weighted by atomic mass is 9.84. The molecule has 0 saturated carbocycles. The van der Waals surface area contributed by atoms with Gasteiger partial charge in [-0.25, -0.2) is 4.52 Å². The normalized spacial score (nSPS) is 28.0. The van der Waals surface area contributed by atoms with Crippen molar-refractivity contribution in [3.05, 3.63) is 35.7 Å². The van der Waals surface area contributed by atoms with Crippen molar-refractivity contribution in [3.63, 3.8) is 0 Å². The van der Waals surface area contributed by atoms with Gasteiger partial charge in [-0.3, -0.25) is 4.79 Å².